The average Bonchev–Trinajstić information content (AvgIpc) is 3.64. The standard InChI is InChI=1S/C28H31F3N8O/c1-5-38-10-6-7-26(38)33-21-12-20(28(29,30)31)13-22(14-21)34-27(40)19-9-8-17(2)25(11-19)39-16-24(35-36-39)23-15-32-37(4)18(23)3/h8-9,11-16,35-36H,5-7,10H2,1-4H3,(H,34,40). The second kappa shape index (κ2) is 10.7. The molecule has 5 rings (SSSR count). The van der Waals surface area contributed by atoms with Crippen molar-refractivity contribution in [2.75, 3.05) is 23.4 Å². The molecule has 1 aromatic heterocycles. The topological polar surface area (TPSA) is 89.8 Å². The molecule has 1 fully saturated rings. The van der Waals surface area contributed by atoms with Crippen LogP contribution < -0.4 is 21.3 Å². The molecule has 3 N–H and O–H groups in total. The van der Waals surface area contributed by atoms with Crippen LogP contribution in [0.1, 0.15) is 52.5 Å². The van der Waals surface area contributed by atoms with E-state index in [9.17, 15) is 18.0 Å². The van der Waals surface area contributed by atoms with Crippen molar-refractivity contribution < 1.29 is 18.0 Å². The van der Waals surface area contributed by atoms with Gasteiger partial charge in [-0.25, -0.2) is 4.99 Å². The van der Waals surface area contributed by atoms with E-state index in [-0.39, 0.29) is 11.4 Å². The van der Waals surface area contributed by atoms with E-state index in [1.807, 2.05) is 38.9 Å². The highest BCUT2D eigenvalue weighted by Crippen LogP contribution is 2.35. The third-order valence-electron chi connectivity index (χ3n) is 7.16. The van der Waals surface area contributed by atoms with Crippen LogP contribution in [0.2, 0.25) is 0 Å². The summed E-state index contributed by atoms with van der Waals surface area (Å²) in [6, 6.07) is 8.52. The van der Waals surface area contributed by atoms with E-state index in [0.29, 0.717) is 17.7 Å². The molecule has 0 spiro atoms. The number of anilines is 2. The molecule has 210 valence electrons. The third kappa shape index (κ3) is 5.53. The summed E-state index contributed by atoms with van der Waals surface area (Å²) in [5.74, 6) is 0.220. The molecule has 12 heteroatoms. The molecule has 3 heterocycles. The maximum Gasteiger partial charge on any atom is 0.416 e. The summed E-state index contributed by atoms with van der Waals surface area (Å²) >= 11 is 0. The zero-order chi connectivity index (χ0) is 28.6. The van der Waals surface area contributed by atoms with Crippen molar-refractivity contribution in [3.63, 3.8) is 0 Å². The van der Waals surface area contributed by atoms with Crippen molar-refractivity contribution in [2.45, 2.75) is 39.8 Å². The number of halogens is 3. The Morgan fingerprint density at radius 3 is 2.67 bits per heavy atom. The number of amidine groups is 1. The van der Waals surface area contributed by atoms with E-state index in [2.05, 4.69) is 26.4 Å². The molecule has 0 atom stereocenters. The van der Waals surface area contributed by atoms with Gasteiger partial charge >= 0.3 is 6.18 Å². The van der Waals surface area contributed by atoms with E-state index in [1.54, 1.807) is 34.1 Å². The van der Waals surface area contributed by atoms with E-state index in [0.717, 1.165) is 60.0 Å². The van der Waals surface area contributed by atoms with Gasteiger partial charge in [-0.2, -0.15) is 18.3 Å². The second-order valence-electron chi connectivity index (χ2n) is 9.85. The van der Waals surface area contributed by atoms with Crippen LogP contribution in [-0.4, -0.2) is 39.5 Å². The number of aryl methyl sites for hydroxylation is 2. The molecule has 2 aliphatic heterocycles. The van der Waals surface area contributed by atoms with Crippen LogP contribution in [0.4, 0.5) is 30.2 Å². The lowest BCUT2D eigenvalue weighted by molar-refractivity contribution is -0.137. The first-order chi connectivity index (χ1) is 19.0. The number of carbonyl (C=O) groups excluding carboxylic acids is 1. The van der Waals surface area contributed by atoms with Gasteiger partial charge in [0.25, 0.3) is 5.91 Å². The minimum atomic E-state index is -4.59. The lowest BCUT2D eigenvalue weighted by Gasteiger charge is -2.19. The zero-order valence-corrected chi connectivity index (χ0v) is 22.7. The Balaban J connectivity index is 1.41. The van der Waals surface area contributed by atoms with Crippen molar-refractivity contribution in [3.05, 3.63) is 76.7 Å². The molecule has 1 saturated heterocycles. The predicted molar refractivity (Wildman–Crippen MR) is 149 cm³/mol. The first-order valence-corrected chi connectivity index (χ1v) is 13.0. The Morgan fingerprint density at radius 2 is 1.98 bits per heavy atom. The van der Waals surface area contributed by atoms with Crippen molar-refractivity contribution in [1.29, 1.82) is 0 Å². The highest BCUT2D eigenvalue weighted by Gasteiger charge is 2.32. The monoisotopic (exact) mass is 552 g/mol. The molecular formula is C28H31F3N8O. The zero-order valence-electron chi connectivity index (χ0n) is 22.7. The summed E-state index contributed by atoms with van der Waals surface area (Å²) in [6.45, 7) is 7.41. The number of alkyl halides is 3. The summed E-state index contributed by atoms with van der Waals surface area (Å²) in [7, 11) is 1.86. The average molecular weight is 553 g/mol. The van der Waals surface area contributed by atoms with Gasteiger partial charge in [0.1, 0.15) is 5.84 Å². The van der Waals surface area contributed by atoms with E-state index < -0.39 is 17.6 Å². The molecule has 9 nitrogen and oxygen atoms in total. The minimum absolute atomic E-state index is 0.0255. The number of rotatable bonds is 6. The van der Waals surface area contributed by atoms with Crippen LogP contribution >= 0.6 is 0 Å². The minimum Gasteiger partial charge on any atom is -0.360 e. The van der Waals surface area contributed by atoms with Crippen LogP contribution in [-0.2, 0) is 13.2 Å². The molecule has 3 aromatic rings. The van der Waals surface area contributed by atoms with Gasteiger partial charge in [-0.3, -0.25) is 14.5 Å². The number of hydrogen-bond acceptors (Lipinski definition) is 6. The van der Waals surface area contributed by atoms with Gasteiger partial charge in [0.2, 0.25) is 0 Å². The molecule has 40 heavy (non-hydrogen) atoms. The number of nitrogens with one attached hydrogen (secondary N) is 3. The van der Waals surface area contributed by atoms with Crippen LogP contribution in [0.3, 0.4) is 0 Å². The fraction of sp³-hybridized carbons (Fsp3) is 0.321. The molecule has 1 amide bonds. The van der Waals surface area contributed by atoms with Crippen molar-refractivity contribution in [2.24, 2.45) is 12.0 Å². The Morgan fingerprint density at radius 1 is 1.18 bits per heavy atom. The Hall–Kier alpha value is -4.32. The van der Waals surface area contributed by atoms with Crippen molar-refractivity contribution >= 4 is 34.5 Å². The maximum absolute atomic E-state index is 13.7. The number of benzene rings is 2. The largest absolute Gasteiger partial charge is 0.416 e. The van der Waals surface area contributed by atoms with Gasteiger partial charge in [-0.05, 0) is 63.1 Å². The van der Waals surface area contributed by atoms with Crippen LogP contribution in [0.5, 0.6) is 0 Å². The summed E-state index contributed by atoms with van der Waals surface area (Å²) < 4.78 is 42.9. The highest BCUT2D eigenvalue weighted by atomic mass is 19.4. The Bertz CT molecular complexity index is 1510. The maximum atomic E-state index is 13.7. The molecule has 2 aliphatic rings. The number of hydrazine groups is 2. The molecular weight excluding hydrogens is 521 g/mol. The quantitative estimate of drug-likeness (QED) is 0.386. The normalized spacial score (nSPS) is 16.5. The molecule has 0 saturated carbocycles. The fourth-order valence-corrected chi connectivity index (χ4v) is 4.80. The van der Waals surface area contributed by atoms with Gasteiger partial charge in [0, 0.05) is 55.3 Å². The lowest BCUT2D eigenvalue weighted by Crippen LogP contribution is -2.36. The van der Waals surface area contributed by atoms with Crippen LogP contribution in [0.25, 0.3) is 5.70 Å². The molecule has 2 aromatic carbocycles. The molecule has 0 radical (unpaired) electrons. The number of aromatic nitrogens is 2. The second-order valence-corrected chi connectivity index (χ2v) is 9.85. The Kier molecular flexibility index (Phi) is 7.28. The lowest BCUT2D eigenvalue weighted by atomic mass is 10.1. The van der Waals surface area contributed by atoms with Crippen LogP contribution in [0, 0.1) is 13.8 Å². The van der Waals surface area contributed by atoms with Gasteiger partial charge in [-0.1, -0.05) is 6.07 Å². The fourth-order valence-electron chi connectivity index (χ4n) is 4.80. The molecule has 0 unspecified atom stereocenters. The summed E-state index contributed by atoms with van der Waals surface area (Å²) in [6.07, 6.45) is 0.641. The summed E-state index contributed by atoms with van der Waals surface area (Å²) in [4.78, 5) is 19.8. The van der Waals surface area contributed by atoms with Crippen molar-refractivity contribution in [1.82, 2.24) is 25.6 Å². The van der Waals surface area contributed by atoms with Crippen molar-refractivity contribution in [3.8, 4) is 0 Å². The van der Waals surface area contributed by atoms with E-state index in [4.69, 9.17) is 0 Å². The molecule has 0 bridgehead atoms. The number of carbonyl (C=O) groups is 1. The number of nitrogens with zero attached hydrogens (tertiary/aromatic N) is 5. The number of likely N-dealkylation sites (tertiary alicyclic amines) is 1. The number of aliphatic imine (C=N–C) groups is 1. The Labute approximate surface area is 230 Å². The smallest absolute Gasteiger partial charge is 0.360 e. The van der Waals surface area contributed by atoms with E-state index >= 15 is 0 Å². The first-order valence-electron chi connectivity index (χ1n) is 13.0. The van der Waals surface area contributed by atoms with Gasteiger partial charge < -0.3 is 15.6 Å². The van der Waals surface area contributed by atoms with E-state index in [1.165, 1.54) is 6.07 Å². The highest BCUT2D eigenvalue weighted by molar-refractivity contribution is 6.05. The van der Waals surface area contributed by atoms with Gasteiger partial charge in [0.05, 0.1) is 28.8 Å². The first kappa shape index (κ1) is 27.3. The summed E-state index contributed by atoms with van der Waals surface area (Å²) in [5.41, 5.74) is 10.1. The molecule has 0 aliphatic carbocycles. The third-order valence-corrected chi connectivity index (χ3v) is 7.16. The summed E-state index contributed by atoms with van der Waals surface area (Å²) in [5, 5.41) is 8.66. The van der Waals surface area contributed by atoms with Gasteiger partial charge in [0.15, 0.2) is 0 Å². The van der Waals surface area contributed by atoms with Gasteiger partial charge in [-0.15, -0.1) is 5.53 Å². The number of hydrogen-bond donors (Lipinski definition) is 3. The SMILES string of the molecule is CCN1CCCC1=Nc1cc(NC(=O)c2ccc(C)c(N3C=C(c4cnn(C)c4C)NN3)c2)cc(C(F)(F)F)c1. The predicted octanol–water partition coefficient (Wildman–Crippen LogP) is 5.28. The van der Waals surface area contributed by atoms with Crippen LogP contribution in [0.15, 0.2) is 53.8 Å². The number of amides is 1.